The van der Waals surface area contributed by atoms with Gasteiger partial charge in [-0.2, -0.15) is 0 Å². The van der Waals surface area contributed by atoms with Gasteiger partial charge in [-0.15, -0.1) is 11.8 Å². The molecule has 3 N–H and O–H groups in total. The molecule has 1 rings (SSSR count). The van der Waals surface area contributed by atoms with Crippen molar-refractivity contribution in [2.24, 2.45) is 0 Å². The second-order valence-electron chi connectivity index (χ2n) is 3.21. The molecule has 0 aliphatic heterocycles. The van der Waals surface area contributed by atoms with Crippen LogP contribution in [0.5, 0.6) is 0 Å². The van der Waals surface area contributed by atoms with Crippen molar-refractivity contribution >= 4 is 17.7 Å². The first kappa shape index (κ1) is 13.1. The predicted octanol–water partition coefficient (Wildman–Crippen LogP) is -0.0178. The molecule has 0 aromatic carbocycles. The minimum absolute atomic E-state index is 0.119. The number of furan rings is 1. The van der Waals surface area contributed by atoms with Crippen LogP contribution < -0.4 is 5.32 Å². The van der Waals surface area contributed by atoms with Crippen molar-refractivity contribution in [1.29, 1.82) is 0 Å². The van der Waals surface area contributed by atoms with Crippen molar-refractivity contribution in [3.63, 3.8) is 0 Å². The van der Waals surface area contributed by atoms with Crippen LogP contribution in [0.25, 0.3) is 0 Å². The first-order valence-electron chi connectivity index (χ1n) is 4.88. The maximum absolute atomic E-state index is 11.3. The molecular formula is C10H15NO4S. The lowest BCUT2D eigenvalue weighted by atomic mass is 10.4. The lowest BCUT2D eigenvalue weighted by Crippen LogP contribution is -2.25. The zero-order chi connectivity index (χ0) is 11.8. The highest BCUT2D eigenvalue weighted by atomic mass is 32.2. The number of hydrogen-bond acceptors (Lipinski definition) is 5. The van der Waals surface area contributed by atoms with Crippen LogP contribution >= 0.6 is 11.8 Å². The number of carbonyl (C=O) groups excluding carboxylic acids is 1. The summed E-state index contributed by atoms with van der Waals surface area (Å²) in [6.45, 7) is 0.0932. The van der Waals surface area contributed by atoms with Gasteiger partial charge in [0.05, 0.1) is 31.3 Å². The number of nitrogens with one attached hydrogen (secondary N) is 1. The van der Waals surface area contributed by atoms with Crippen LogP contribution in [0.2, 0.25) is 0 Å². The van der Waals surface area contributed by atoms with Crippen LogP contribution in [-0.2, 0) is 11.3 Å². The molecular weight excluding hydrogens is 230 g/mol. The largest absolute Gasteiger partial charge is 0.467 e. The Balaban J connectivity index is 2.07. The number of aliphatic hydroxyl groups excluding tert-OH is 2. The molecule has 0 bridgehead atoms. The SMILES string of the molecule is O=C(CSCC(O)CO)NCc1ccco1. The van der Waals surface area contributed by atoms with E-state index in [1.165, 1.54) is 11.8 Å². The number of carbonyl (C=O) groups is 1. The van der Waals surface area contributed by atoms with E-state index in [1.807, 2.05) is 0 Å². The van der Waals surface area contributed by atoms with E-state index in [0.29, 0.717) is 18.1 Å². The summed E-state index contributed by atoms with van der Waals surface area (Å²) in [4.78, 5) is 11.3. The molecule has 0 aliphatic carbocycles. The van der Waals surface area contributed by atoms with E-state index in [1.54, 1.807) is 18.4 Å². The van der Waals surface area contributed by atoms with Gasteiger partial charge in [0, 0.05) is 5.75 Å². The van der Waals surface area contributed by atoms with Gasteiger partial charge in [-0.05, 0) is 12.1 Å². The molecule has 1 unspecified atom stereocenters. The van der Waals surface area contributed by atoms with Gasteiger partial charge in [-0.1, -0.05) is 0 Å². The Morgan fingerprint density at radius 1 is 1.62 bits per heavy atom. The topological polar surface area (TPSA) is 82.7 Å². The normalized spacial score (nSPS) is 12.4. The zero-order valence-corrected chi connectivity index (χ0v) is 9.57. The van der Waals surface area contributed by atoms with Crippen LogP contribution in [0, 0.1) is 0 Å². The monoisotopic (exact) mass is 245 g/mol. The fourth-order valence-electron chi connectivity index (χ4n) is 0.990. The standard InChI is InChI=1S/C10H15NO4S/c12-5-8(13)6-16-7-10(14)11-4-9-2-1-3-15-9/h1-3,8,12-13H,4-7H2,(H,11,14). The van der Waals surface area contributed by atoms with E-state index in [4.69, 9.17) is 14.6 Å². The maximum Gasteiger partial charge on any atom is 0.230 e. The Morgan fingerprint density at radius 3 is 3.06 bits per heavy atom. The third kappa shape index (κ3) is 5.20. The molecule has 16 heavy (non-hydrogen) atoms. The van der Waals surface area contributed by atoms with Crippen LogP contribution in [0.4, 0.5) is 0 Å². The third-order valence-corrected chi connectivity index (χ3v) is 2.88. The van der Waals surface area contributed by atoms with E-state index in [9.17, 15) is 4.79 Å². The van der Waals surface area contributed by atoms with E-state index in [-0.39, 0.29) is 18.3 Å². The van der Waals surface area contributed by atoms with Gasteiger partial charge in [0.15, 0.2) is 0 Å². The molecule has 1 aromatic heterocycles. The highest BCUT2D eigenvalue weighted by Gasteiger charge is 2.06. The van der Waals surface area contributed by atoms with Gasteiger partial charge in [-0.25, -0.2) is 0 Å². The Labute approximate surface area is 97.8 Å². The molecule has 0 spiro atoms. The van der Waals surface area contributed by atoms with E-state index < -0.39 is 6.10 Å². The number of amides is 1. The summed E-state index contributed by atoms with van der Waals surface area (Å²) in [7, 11) is 0. The van der Waals surface area contributed by atoms with Gasteiger partial charge in [0.2, 0.25) is 5.91 Å². The summed E-state index contributed by atoms with van der Waals surface area (Å²) < 4.78 is 5.05. The average molecular weight is 245 g/mol. The van der Waals surface area contributed by atoms with Gasteiger partial charge in [-0.3, -0.25) is 4.79 Å². The Morgan fingerprint density at radius 2 is 2.44 bits per heavy atom. The first-order chi connectivity index (χ1) is 7.72. The molecule has 0 radical (unpaired) electrons. The summed E-state index contributed by atoms with van der Waals surface area (Å²) in [5.41, 5.74) is 0. The van der Waals surface area contributed by atoms with Crippen molar-refractivity contribution in [3.8, 4) is 0 Å². The summed E-state index contributed by atoms with van der Waals surface area (Å²) in [6, 6.07) is 3.54. The van der Waals surface area contributed by atoms with Gasteiger partial charge < -0.3 is 19.9 Å². The summed E-state index contributed by atoms with van der Waals surface area (Å²) in [6.07, 6.45) is 0.788. The second-order valence-corrected chi connectivity index (χ2v) is 4.24. The highest BCUT2D eigenvalue weighted by Crippen LogP contribution is 2.03. The summed E-state index contributed by atoms with van der Waals surface area (Å²) in [5.74, 6) is 1.20. The average Bonchev–Trinajstić information content (AvgIpc) is 2.79. The van der Waals surface area contributed by atoms with Gasteiger partial charge >= 0.3 is 0 Å². The molecule has 1 atom stereocenters. The third-order valence-electron chi connectivity index (χ3n) is 1.79. The highest BCUT2D eigenvalue weighted by molar-refractivity contribution is 7.99. The van der Waals surface area contributed by atoms with Crippen molar-refractivity contribution in [1.82, 2.24) is 5.32 Å². The van der Waals surface area contributed by atoms with Crippen molar-refractivity contribution < 1.29 is 19.4 Å². The quantitative estimate of drug-likeness (QED) is 0.629. The Hall–Kier alpha value is -0.980. The number of hydrogen-bond donors (Lipinski definition) is 3. The molecule has 0 saturated carbocycles. The Bertz CT molecular complexity index is 302. The molecule has 1 amide bonds. The predicted molar refractivity (Wildman–Crippen MR) is 61.0 cm³/mol. The molecule has 6 heteroatoms. The minimum Gasteiger partial charge on any atom is -0.467 e. The second kappa shape index (κ2) is 7.32. The van der Waals surface area contributed by atoms with Crippen LogP contribution in [0.15, 0.2) is 22.8 Å². The van der Waals surface area contributed by atoms with Gasteiger partial charge in [0.1, 0.15) is 5.76 Å². The smallest absolute Gasteiger partial charge is 0.230 e. The number of thioether (sulfide) groups is 1. The molecule has 5 nitrogen and oxygen atoms in total. The van der Waals surface area contributed by atoms with E-state index in [0.717, 1.165) is 0 Å². The van der Waals surface area contributed by atoms with E-state index >= 15 is 0 Å². The lowest BCUT2D eigenvalue weighted by Gasteiger charge is -2.06. The van der Waals surface area contributed by atoms with E-state index in [2.05, 4.69) is 5.32 Å². The Kier molecular flexibility index (Phi) is 5.99. The van der Waals surface area contributed by atoms with Gasteiger partial charge in [0.25, 0.3) is 0 Å². The first-order valence-corrected chi connectivity index (χ1v) is 6.03. The van der Waals surface area contributed by atoms with Crippen LogP contribution in [0.1, 0.15) is 5.76 Å². The van der Waals surface area contributed by atoms with Crippen LogP contribution in [-0.4, -0.2) is 40.3 Å². The number of rotatable bonds is 7. The van der Waals surface area contributed by atoms with Crippen LogP contribution in [0.3, 0.4) is 0 Å². The fourth-order valence-corrected chi connectivity index (χ4v) is 1.77. The van der Waals surface area contributed by atoms with Crippen molar-refractivity contribution in [2.45, 2.75) is 12.6 Å². The molecule has 0 saturated heterocycles. The molecule has 1 aromatic rings. The zero-order valence-electron chi connectivity index (χ0n) is 8.76. The van der Waals surface area contributed by atoms with Crippen molar-refractivity contribution in [2.75, 3.05) is 18.1 Å². The molecule has 1 heterocycles. The lowest BCUT2D eigenvalue weighted by molar-refractivity contribution is -0.118. The maximum atomic E-state index is 11.3. The van der Waals surface area contributed by atoms with Crippen molar-refractivity contribution in [3.05, 3.63) is 24.2 Å². The minimum atomic E-state index is -0.761. The number of aliphatic hydroxyl groups is 2. The molecule has 0 fully saturated rings. The molecule has 90 valence electrons. The summed E-state index contributed by atoms with van der Waals surface area (Å²) >= 11 is 1.28. The summed E-state index contributed by atoms with van der Waals surface area (Å²) in [5, 5.41) is 20.3. The fraction of sp³-hybridized carbons (Fsp3) is 0.500. The molecule has 0 aliphatic rings.